The minimum absolute atomic E-state index is 0.885. The summed E-state index contributed by atoms with van der Waals surface area (Å²) in [5, 5.41) is 1.18. The van der Waals surface area contributed by atoms with E-state index in [1.165, 1.54) is 21.7 Å². The number of fused-ring (bicyclic) bond motifs is 1. The fraction of sp³-hybridized carbons (Fsp3) is 0.167. The van der Waals surface area contributed by atoms with Gasteiger partial charge in [0.15, 0.2) is 0 Å². The first-order valence-electron chi connectivity index (χ1n) is 6.84. The van der Waals surface area contributed by atoms with Crippen LogP contribution in [-0.4, -0.2) is 10.8 Å². The van der Waals surface area contributed by atoms with Crippen molar-refractivity contribution in [2.75, 3.05) is 5.75 Å². The molecule has 0 N–H and O–H groups in total. The number of hydrogen-bond donors (Lipinski definition) is 0. The highest BCUT2D eigenvalue weighted by Crippen LogP contribution is 2.35. The van der Waals surface area contributed by atoms with Crippen molar-refractivity contribution in [3.05, 3.63) is 72.3 Å². The monoisotopic (exact) mass is 279 g/mol. The molecular weight excluding hydrogens is 262 g/mol. The van der Waals surface area contributed by atoms with Gasteiger partial charge in [-0.25, -0.2) is 4.99 Å². The number of hydrogen-bond acceptors (Lipinski definition) is 2. The molecule has 3 rings (SSSR count). The van der Waals surface area contributed by atoms with Gasteiger partial charge in [0.1, 0.15) is 0 Å². The summed E-state index contributed by atoms with van der Waals surface area (Å²) in [6.07, 6.45) is 1.97. The minimum atomic E-state index is 0.885. The van der Waals surface area contributed by atoms with Crippen molar-refractivity contribution < 1.29 is 0 Å². The molecule has 0 atom stereocenters. The SMILES string of the molecule is C=C1CC(SCCc2ccccc2)=Nc2ccccc21. The van der Waals surface area contributed by atoms with Crippen molar-refractivity contribution in [1.29, 1.82) is 0 Å². The molecule has 0 amide bonds. The molecule has 0 saturated carbocycles. The van der Waals surface area contributed by atoms with Gasteiger partial charge >= 0.3 is 0 Å². The summed E-state index contributed by atoms with van der Waals surface area (Å²) < 4.78 is 0. The molecule has 20 heavy (non-hydrogen) atoms. The van der Waals surface area contributed by atoms with E-state index in [0.717, 1.165) is 24.3 Å². The Labute approximate surface area is 124 Å². The molecule has 1 heterocycles. The van der Waals surface area contributed by atoms with E-state index in [1.807, 2.05) is 23.9 Å². The summed E-state index contributed by atoms with van der Waals surface area (Å²) in [6.45, 7) is 4.18. The number of nitrogens with zero attached hydrogens (tertiary/aromatic N) is 1. The number of thioether (sulfide) groups is 1. The fourth-order valence-electron chi connectivity index (χ4n) is 2.34. The molecule has 0 fully saturated rings. The predicted molar refractivity (Wildman–Crippen MR) is 89.8 cm³/mol. The van der Waals surface area contributed by atoms with E-state index in [1.54, 1.807) is 0 Å². The maximum Gasteiger partial charge on any atom is 0.0782 e. The number of aryl methyl sites for hydroxylation is 1. The van der Waals surface area contributed by atoms with Crippen LogP contribution >= 0.6 is 11.8 Å². The Morgan fingerprint density at radius 1 is 1.00 bits per heavy atom. The second-order valence-corrected chi connectivity index (χ2v) is 6.06. The predicted octanol–water partition coefficient (Wildman–Crippen LogP) is 5.11. The Balaban J connectivity index is 1.65. The van der Waals surface area contributed by atoms with Gasteiger partial charge in [-0.3, -0.25) is 0 Å². The van der Waals surface area contributed by atoms with Crippen LogP contribution in [0.15, 0.2) is 66.2 Å². The van der Waals surface area contributed by atoms with Gasteiger partial charge in [-0.2, -0.15) is 0 Å². The second-order valence-electron chi connectivity index (χ2n) is 4.89. The lowest BCUT2D eigenvalue weighted by Crippen LogP contribution is -2.02. The summed E-state index contributed by atoms with van der Waals surface area (Å²) in [5.41, 5.74) is 4.82. The van der Waals surface area contributed by atoms with Crippen molar-refractivity contribution >= 4 is 28.1 Å². The van der Waals surface area contributed by atoms with E-state index in [9.17, 15) is 0 Å². The number of aliphatic imine (C=N–C) groups is 1. The van der Waals surface area contributed by atoms with Crippen LogP contribution in [0.2, 0.25) is 0 Å². The summed E-state index contributed by atoms with van der Waals surface area (Å²) in [6, 6.07) is 18.9. The first-order valence-corrected chi connectivity index (χ1v) is 7.83. The Bertz CT molecular complexity index is 643. The quantitative estimate of drug-likeness (QED) is 0.760. The van der Waals surface area contributed by atoms with Gasteiger partial charge in [-0.1, -0.05) is 55.1 Å². The molecule has 2 heteroatoms. The van der Waals surface area contributed by atoms with Crippen LogP contribution in [0.5, 0.6) is 0 Å². The molecule has 0 radical (unpaired) electrons. The van der Waals surface area contributed by atoms with Crippen molar-refractivity contribution in [3.63, 3.8) is 0 Å². The van der Waals surface area contributed by atoms with Crippen LogP contribution in [0.4, 0.5) is 5.69 Å². The average Bonchev–Trinajstić information content (AvgIpc) is 2.48. The molecule has 2 aromatic carbocycles. The summed E-state index contributed by atoms with van der Waals surface area (Å²) in [5.74, 6) is 1.07. The molecular formula is C18H17NS. The smallest absolute Gasteiger partial charge is 0.0782 e. The van der Waals surface area contributed by atoms with Gasteiger partial charge in [0, 0.05) is 17.7 Å². The van der Waals surface area contributed by atoms with Crippen LogP contribution < -0.4 is 0 Å². The molecule has 2 aromatic rings. The fourth-order valence-corrected chi connectivity index (χ4v) is 3.35. The Morgan fingerprint density at radius 3 is 2.60 bits per heavy atom. The number of rotatable bonds is 3. The first-order chi connectivity index (χ1) is 9.83. The van der Waals surface area contributed by atoms with Gasteiger partial charge in [0.25, 0.3) is 0 Å². The number of benzene rings is 2. The zero-order chi connectivity index (χ0) is 13.8. The highest BCUT2D eigenvalue weighted by molar-refractivity contribution is 8.14. The lowest BCUT2D eigenvalue weighted by atomic mass is 10.0. The normalized spacial score (nSPS) is 13.8. The van der Waals surface area contributed by atoms with Gasteiger partial charge in [0.05, 0.1) is 10.7 Å². The molecule has 1 aliphatic rings. The van der Waals surface area contributed by atoms with E-state index in [4.69, 9.17) is 4.99 Å². The van der Waals surface area contributed by atoms with Crippen LogP contribution in [0.3, 0.4) is 0 Å². The van der Waals surface area contributed by atoms with E-state index >= 15 is 0 Å². The minimum Gasteiger partial charge on any atom is -0.246 e. The Hall–Kier alpha value is -1.80. The summed E-state index contributed by atoms with van der Waals surface area (Å²) in [7, 11) is 0. The Kier molecular flexibility index (Phi) is 4.03. The highest BCUT2D eigenvalue weighted by Gasteiger charge is 2.14. The molecule has 1 aliphatic heterocycles. The lowest BCUT2D eigenvalue weighted by molar-refractivity contribution is 1.16. The number of para-hydroxylation sites is 1. The van der Waals surface area contributed by atoms with E-state index < -0.39 is 0 Å². The van der Waals surface area contributed by atoms with E-state index in [0.29, 0.717) is 0 Å². The average molecular weight is 279 g/mol. The third kappa shape index (κ3) is 3.02. The zero-order valence-corrected chi connectivity index (χ0v) is 12.2. The maximum atomic E-state index is 4.75. The molecule has 1 nitrogen and oxygen atoms in total. The third-order valence-electron chi connectivity index (χ3n) is 3.40. The van der Waals surface area contributed by atoms with Crippen LogP contribution in [0.1, 0.15) is 17.5 Å². The zero-order valence-electron chi connectivity index (χ0n) is 11.4. The number of allylic oxidation sites excluding steroid dienone is 1. The first kappa shape index (κ1) is 13.2. The molecule has 0 bridgehead atoms. The van der Waals surface area contributed by atoms with Crippen molar-refractivity contribution in [2.24, 2.45) is 4.99 Å². The lowest BCUT2D eigenvalue weighted by Gasteiger charge is -2.17. The van der Waals surface area contributed by atoms with Crippen molar-refractivity contribution in [2.45, 2.75) is 12.8 Å². The van der Waals surface area contributed by atoms with Gasteiger partial charge in [0.2, 0.25) is 0 Å². The summed E-state index contributed by atoms with van der Waals surface area (Å²) >= 11 is 1.85. The standard InChI is InChI=1S/C18H17NS/c1-14-13-18(19-17-10-6-5-9-16(14)17)20-12-11-15-7-3-2-4-8-15/h2-10H,1,11-13H2. The van der Waals surface area contributed by atoms with E-state index in [-0.39, 0.29) is 0 Å². The van der Waals surface area contributed by atoms with Gasteiger partial charge in [-0.15, -0.1) is 11.8 Å². The highest BCUT2D eigenvalue weighted by atomic mass is 32.2. The van der Waals surface area contributed by atoms with Crippen molar-refractivity contribution in [1.82, 2.24) is 0 Å². The molecule has 0 spiro atoms. The van der Waals surface area contributed by atoms with Crippen LogP contribution in [-0.2, 0) is 6.42 Å². The molecule has 0 aromatic heterocycles. The van der Waals surface area contributed by atoms with Crippen LogP contribution in [0, 0.1) is 0 Å². The van der Waals surface area contributed by atoms with E-state index in [2.05, 4.69) is 49.0 Å². The molecule has 0 aliphatic carbocycles. The molecule has 100 valence electrons. The van der Waals surface area contributed by atoms with Gasteiger partial charge < -0.3 is 0 Å². The topological polar surface area (TPSA) is 12.4 Å². The molecule has 0 saturated heterocycles. The maximum absolute atomic E-state index is 4.75. The largest absolute Gasteiger partial charge is 0.246 e. The van der Waals surface area contributed by atoms with Gasteiger partial charge in [-0.05, 0) is 23.6 Å². The molecule has 0 unspecified atom stereocenters. The van der Waals surface area contributed by atoms with Crippen LogP contribution in [0.25, 0.3) is 5.57 Å². The second kappa shape index (κ2) is 6.10. The third-order valence-corrected chi connectivity index (χ3v) is 4.37. The summed E-state index contributed by atoms with van der Waals surface area (Å²) in [4.78, 5) is 4.75. The Morgan fingerprint density at radius 2 is 1.75 bits per heavy atom. The van der Waals surface area contributed by atoms with Crippen molar-refractivity contribution in [3.8, 4) is 0 Å².